The predicted molar refractivity (Wildman–Crippen MR) is 270 cm³/mol. The van der Waals surface area contributed by atoms with E-state index in [-0.39, 0.29) is 31.1 Å². The minimum Gasteiger partial charge on any atom is -0.462 e. The Labute approximate surface area is 389 Å². The third-order valence-electron chi connectivity index (χ3n) is 11.2. The molecule has 0 radical (unpaired) electrons. The Hall–Kier alpha value is -3.15. The number of rotatable bonds is 47. The first-order chi connectivity index (χ1) is 31.0. The molecule has 0 heterocycles. The molecule has 0 bridgehead atoms. The molecule has 0 rings (SSSR count). The molecular weight excluding hydrogens is 781 g/mol. The summed E-state index contributed by atoms with van der Waals surface area (Å²) in [4.78, 5) is 38.0. The van der Waals surface area contributed by atoms with Crippen LogP contribution in [0, 0.1) is 0 Å². The molecule has 63 heavy (non-hydrogen) atoms. The minimum absolute atomic E-state index is 0.0883. The van der Waals surface area contributed by atoms with Gasteiger partial charge in [-0.05, 0) is 89.9 Å². The molecule has 0 aliphatic carbocycles. The average Bonchev–Trinajstić information content (AvgIpc) is 3.28. The highest BCUT2D eigenvalue weighted by Crippen LogP contribution is 2.15. The molecule has 0 fully saturated rings. The summed E-state index contributed by atoms with van der Waals surface area (Å²) < 4.78 is 16.8. The van der Waals surface area contributed by atoms with Gasteiger partial charge in [0.25, 0.3) is 0 Å². The largest absolute Gasteiger partial charge is 0.462 e. The summed E-state index contributed by atoms with van der Waals surface area (Å²) in [5, 5.41) is 0. The SMILES string of the molecule is CC/C=C\C/C=C\C/C=C\CCCCCCCC(=O)O[C@@H](COC(=O)CCCCCC/C=C\C/C=C\C/C=C\CCCCC)COC(=O)CCCCCCCCCCCCCCC. The number of esters is 3. The van der Waals surface area contributed by atoms with Crippen molar-refractivity contribution in [3.05, 3.63) is 72.9 Å². The molecule has 0 unspecified atom stereocenters. The van der Waals surface area contributed by atoms with Crippen LogP contribution >= 0.6 is 0 Å². The Morgan fingerprint density at radius 1 is 0.333 bits per heavy atom. The number of ether oxygens (including phenoxy) is 3. The molecule has 0 aliphatic rings. The molecule has 0 aromatic rings. The Bertz CT molecular complexity index is 1190. The van der Waals surface area contributed by atoms with Crippen molar-refractivity contribution >= 4 is 17.9 Å². The quantitative estimate of drug-likeness (QED) is 0.0262. The van der Waals surface area contributed by atoms with Gasteiger partial charge in [0.15, 0.2) is 6.10 Å². The maximum absolute atomic E-state index is 12.8. The van der Waals surface area contributed by atoms with Crippen LogP contribution in [-0.4, -0.2) is 37.2 Å². The van der Waals surface area contributed by atoms with Crippen LogP contribution in [0.1, 0.15) is 252 Å². The summed E-state index contributed by atoms with van der Waals surface area (Å²) in [5.41, 5.74) is 0. The van der Waals surface area contributed by atoms with Crippen LogP contribution in [0.5, 0.6) is 0 Å². The van der Waals surface area contributed by atoms with Crippen molar-refractivity contribution in [1.82, 2.24) is 0 Å². The molecule has 0 saturated carbocycles. The van der Waals surface area contributed by atoms with Crippen LogP contribution in [0.3, 0.4) is 0 Å². The van der Waals surface area contributed by atoms with Gasteiger partial charge in [-0.15, -0.1) is 0 Å². The molecule has 6 nitrogen and oxygen atoms in total. The molecule has 0 amide bonds. The summed E-state index contributed by atoms with van der Waals surface area (Å²) in [6.07, 6.45) is 64.5. The van der Waals surface area contributed by atoms with E-state index in [1.165, 1.54) is 89.9 Å². The van der Waals surface area contributed by atoms with Crippen molar-refractivity contribution in [2.75, 3.05) is 13.2 Å². The summed E-state index contributed by atoms with van der Waals surface area (Å²) in [6.45, 7) is 6.47. The van der Waals surface area contributed by atoms with Gasteiger partial charge < -0.3 is 14.2 Å². The van der Waals surface area contributed by atoms with Crippen LogP contribution in [0.2, 0.25) is 0 Å². The first kappa shape index (κ1) is 59.9. The zero-order valence-corrected chi connectivity index (χ0v) is 41.3. The lowest BCUT2D eigenvalue weighted by Crippen LogP contribution is -2.30. The topological polar surface area (TPSA) is 78.9 Å². The zero-order valence-electron chi connectivity index (χ0n) is 41.3. The van der Waals surface area contributed by atoms with Crippen molar-refractivity contribution in [3.63, 3.8) is 0 Å². The summed E-state index contributed by atoms with van der Waals surface area (Å²) in [7, 11) is 0. The molecule has 0 aromatic carbocycles. The molecule has 0 aliphatic heterocycles. The van der Waals surface area contributed by atoms with Crippen molar-refractivity contribution < 1.29 is 28.6 Å². The third-order valence-corrected chi connectivity index (χ3v) is 11.2. The number of hydrogen-bond acceptors (Lipinski definition) is 6. The van der Waals surface area contributed by atoms with E-state index in [0.717, 1.165) is 122 Å². The maximum Gasteiger partial charge on any atom is 0.306 e. The fourth-order valence-electron chi connectivity index (χ4n) is 7.23. The van der Waals surface area contributed by atoms with Crippen molar-refractivity contribution in [2.24, 2.45) is 0 Å². The standard InChI is InChI=1S/C57H98O6/c1-4-7-10-13-16-19-22-25-27-28-30-32-35-38-41-44-47-50-56(59)62-53-54(52-61-55(58)49-46-43-40-37-34-31-24-21-18-15-12-9-6-3)63-57(60)51-48-45-42-39-36-33-29-26-23-20-17-14-11-8-5-2/h8,11,16-17,19-20,25-27,29-30,32,54H,4-7,9-10,12-15,18,21-24,28,31,33-53H2,1-3H3/b11-8-,19-16-,20-17-,27-25-,29-26-,32-30-/t54-/m1/s1. The van der Waals surface area contributed by atoms with Gasteiger partial charge in [-0.2, -0.15) is 0 Å². The fraction of sp³-hybridized carbons (Fsp3) is 0.737. The highest BCUT2D eigenvalue weighted by Gasteiger charge is 2.19. The van der Waals surface area contributed by atoms with Crippen molar-refractivity contribution in [3.8, 4) is 0 Å². The van der Waals surface area contributed by atoms with Gasteiger partial charge in [-0.25, -0.2) is 0 Å². The average molecular weight is 879 g/mol. The van der Waals surface area contributed by atoms with E-state index in [2.05, 4.69) is 93.7 Å². The smallest absolute Gasteiger partial charge is 0.306 e. The van der Waals surface area contributed by atoms with Gasteiger partial charge in [-0.3, -0.25) is 14.4 Å². The minimum atomic E-state index is -0.792. The van der Waals surface area contributed by atoms with Crippen LogP contribution < -0.4 is 0 Å². The zero-order chi connectivity index (χ0) is 45.8. The maximum atomic E-state index is 12.8. The highest BCUT2D eigenvalue weighted by atomic mass is 16.6. The fourth-order valence-corrected chi connectivity index (χ4v) is 7.23. The molecule has 1 atom stereocenters. The molecule has 0 spiro atoms. The van der Waals surface area contributed by atoms with E-state index in [1.807, 2.05) is 0 Å². The van der Waals surface area contributed by atoms with Gasteiger partial charge in [0.2, 0.25) is 0 Å². The summed E-state index contributed by atoms with van der Waals surface area (Å²) >= 11 is 0. The first-order valence-electron chi connectivity index (χ1n) is 26.4. The normalized spacial score (nSPS) is 12.6. The number of allylic oxidation sites excluding steroid dienone is 12. The lowest BCUT2D eigenvalue weighted by Gasteiger charge is -2.18. The van der Waals surface area contributed by atoms with Gasteiger partial charge in [0.05, 0.1) is 0 Å². The molecule has 0 saturated heterocycles. The Morgan fingerprint density at radius 3 is 1.00 bits per heavy atom. The van der Waals surface area contributed by atoms with Gasteiger partial charge in [-0.1, -0.05) is 216 Å². The molecular formula is C57H98O6. The second kappa shape index (κ2) is 51.5. The molecule has 0 N–H and O–H groups in total. The van der Waals surface area contributed by atoms with Gasteiger partial charge in [0, 0.05) is 19.3 Å². The Morgan fingerprint density at radius 2 is 0.619 bits per heavy atom. The number of hydrogen-bond donors (Lipinski definition) is 0. The van der Waals surface area contributed by atoms with Crippen molar-refractivity contribution in [1.29, 1.82) is 0 Å². The lowest BCUT2D eigenvalue weighted by atomic mass is 10.0. The van der Waals surface area contributed by atoms with E-state index in [0.29, 0.717) is 19.3 Å². The van der Waals surface area contributed by atoms with E-state index < -0.39 is 6.10 Å². The van der Waals surface area contributed by atoms with E-state index >= 15 is 0 Å². The van der Waals surface area contributed by atoms with Crippen LogP contribution in [0.25, 0.3) is 0 Å². The molecule has 362 valence electrons. The predicted octanol–water partition coefficient (Wildman–Crippen LogP) is 17.4. The summed E-state index contributed by atoms with van der Waals surface area (Å²) in [6, 6.07) is 0. The van der Waals surface area contributed by atoms with Gasteiger partial charge >= 0.3 is 17.9 Å². The second-order valence-corrected chi connectivity index (χ2v) is 17.4. The Balaban J connectivity index is 4.44. The number of carbonyl (C=O) groups is 3. The summed E-state index contributed by atoms with van der Waals surface area (Å²) in [5.74, 6) is -0.924. The second-order valence-electron chi connectivity index (χ2n) is 17.4. The van der Waals surface area contributed by atoms with Crippen molar-refractivity contribution in [2.45, 2.75) is 258 Å². The molecule has 6 heteroatoms. The van der Waals surface area contributed by atoms with Crippen LogP contribution in [0.4, 0.5) is 0 Å². The lowest BCUT2D eigenvalue weighted by molar-refractivity contribution is -0.167. The number of unbranched alkanes of at least 4 members (excludes halogenated alkanes) is 24. The van der Waals surface area contributed by atoms with E-state index in [9.17, 15) is 14.4 Å². The number of carbonyl (C=O) groups excluding carboxylic acids is 3. The van der Waals surface area contributed by atoms with Crippen LogP contribution in [-0.2, 0) is 28.6 Å². The van der Waals surface area contributed by atoms with Crippen LogP contribution in [0.15, 0.2) is 72.9 Å². The first-order valence-corrected chi connectivity index (χ1v) is 26.4. The Kier molecular flexibility index (Phi) is 48.9. The molecule has 0 aromatic heterocycles. The van der Waals surface area contributed by atoms with E-state index in [1.54, 1.807) is 0 Å². The van der Waals surface area contributed by atoms with E-state index in [4.69, 9.17) is 14.2 Å². The highest BCUT2D eigenvalue weighted by molar-refractivity contribution is 5.71. The third kappa shape index (κ3) is 49.7. The van der Waals surface area contributed by atoms with Gasteiger partial charge in [0.1, 0.15) is 13.2 Å². The monoisotopic (exact) mass is 879 g/mol.